The molecule has 2 heteroatoms. The molecule has 2 rings (SSSR count). The molecular weight excluding hydrogens is 306 g/mol. The molecule has 2 aromatic carbocycles. The van der Waals surface area contributed by atoms with Crippen LogP contribution in [0.2, 0.25) is 0 Å². The van der Waals surface area contributed by atoms with Crippen molar-refractivity contribution in [3.8, 4) is 0 Å². The number of isocyanates is 1. The number of nitrogens with zero attached hydrogens (tertiary/aromatic N) is 1. The van der Waals surface area contributed by atoms with E-state index in [1.807, 2.05) is 12.1 Å². The Morgan fingerprint density at radius 1 is 0.880 bits per heavy atom. The van der Waals surface area contributed by atoms with Gasteiger partial charge in [0.2, 0.25) is 6.08 Å². The standard InChI is InChI=1S/C23H27NO/c1-2-3-9-20-12-7-13-21(16-20)10-5-4-6-11-22-14-8-15-23(17-22)18-24-19-25/h2-3,7-8,12-17H,4-6,9-11,18H2,1H3/b3-2+. The lowest BCUT2D eigenvalue weighted by atomic mass is 10.0. The maximum absolute atomic E-state index is 10.2. The normalized spacial score (nSPS) is 10.8. The topological polar surface area (TPSA) is 29.4 Å². The van der Waals surface area contributed by atoms with Crippen LogP contribution in [0.1, 0.15) is 48.4 Å². The second-order valence-electron chi connectivity index (χ2n) is 6.38. The van der Waals surface area contributed by atoms with Gasteiger partial charge in [-0.05, 0) is 61.3 Å². The second kappa shape index (κ2) is 11.2. The van der Waals surface area contributed by atoms with E-state index in [0.717, 1.165) is 24.8 Å². The molecule has 2 nitrogen and oxygen atoms in total. The summed E-state index contributed by atoms with van der Waals surface area (Å²) < 4.78 is 0. The van der Waals surface area contributed by atoms with Crippen molar-refractivity contribution in [1.29, 1.82) is 0 Å². The zero-order chi connectivity index (χ0) is 17.7. The smallest absolute Gasteiger partial charge is 0.211 e. The summed E-state index contributed by atoms with van der Waals surface area (Å²) in [6.07, 6.45) is 12.8. The van der Waals surface area contributed by atoms with Gasteiger partial charge in [0.15, 0.2) is 0 Å². The first-order valence-corrected chi connectivity index (χ1v) is 9.12. The average Bonchev–Trinajstić information content (AvgIpc) is 2.65. The molecule has 25 heavy (non-hydrogen) atoms. The minimum atomic E-state index is 0.431. The lowest BCUT2D eigenvalue weighted by molar-refractivity contribution is 0.563. The Labute approximate surface area is 151 Å². The first kappa shape index (κ1) is 18.9. The Morgan fingerprint density at radius 3 is 2.12 bits per heavy atom. The van der Waals surface area contributed by atoms with Gasteiger partial charge in [-0.25, -0.2) is 9.79 Å². The van der Waals surface area contributed by atoms with Crippen molar-refractivity contribution < 1.29 is 4.79 Å². The third-order valence-corrected chi connectivity index (χ3v) is 4.33. The highest BCUT2D eigenvalue weighted by Gasteiger charge is 1.99. The number of allylic oxidation sites excluding steroid dienone is 2. The lowest BCUT2D eigenvalue weighted by Crippen LogP contribution is -1.91. The van der Waals surface area contributed by atoms with Gasteiger partial charge in [0.1, 0.15) is 0 Å². The van der Waals surface area contributed by atoms with E-state index in [9.17, 15) is 4.79 Å². The van der Waals surface area contributed by atoms with Crippen LogP contribution in [0.5, 0.6) is 0 Å². The van der Waals surface area contributed by atoms with Crippen LogP contribution < -0.4 is 0 Å². The number of carbonyl (C=O) groups excluding carboxylic acids is 1. The zero-order valence-electron chi connectivity index (χ0n) is 15.1. The predicted octanol–water partition coefficient (Wildman–Crippen LogP) is 5.60. The molecule has 2 aromatic rings. The third kappa shape index (κ3) is 7.32. The molecule has 0 bridgehead atoms. The molecule has 0 fully saturated rings. The van der Waals surface area contributed by atoms with E-state index < -0.39 is 0 Å². The van der Waals surface area contributed by atoms with Crippen LogP contribution in [0.25, 0.3) is 0 Å². The van der Waals surface area contributed by atoms with Gasteiger partial charge in [0, 0.05) is 0 Å². The number of hydrogen-bond acceptors (Lipinski definition) is 2. The highest BCUT2D eigenvalue weighted by molar-refractivity contribution is 5.34. The SMILES string of the molecule is C/C=C/Cc1cccc(CCCCCc2cccc(CN=C=O)c2)c1. The minimum Gasteiger partial charge on any atom is -0.211 e. The molecule has 0 spiro atoms. The largest absolute Gasteiger partial charge is 0.235 e. The second-order valence-corrected chi connectivity index (χ2v) is 6.38. The van der Waals surface area contributed by atoms with E-state index in [4.69, 9.17) is 0 Å². The maximum atomic E-state index is 10.2. The van der Waals surface area contributed by atoms with Gasteiger partial charge >= 0.3 is 0 Å². The molecule has 0 aliphatic heterocycles. The highest BCUT2D eigenvalue weighted by Crippen LogP contribution is 2.13. The summed E-state index contributed by atoms with van der Waals surface area (Å²) in [5, 5.41) is 0. The van der Waals surface area contributed by atoms with Crippen molar-refractivity contribution in [3.05, 3.63) is 82.9 Å². The summed E-state index contributed by atoms with van der Waals surface area (Å²) in [6.45, 7) is 2.50. The Balaban J connectivity index is 1.72. The fourth-order valence-electron chi connectivity index (χ4n) is 3.01. The Kier molecular flexibility index (Phi) is 8.44. The zero-order valence-corrected chi connectivity index (χ0v) is 15.1. The highest BCUT2D eigenvalue weighted by atomic mass is 16.1. The molecule has 0 unspecified atom stereocenters. The monoisotopic (exact) mass is 333 g/mol. The molecule has 0 saturated heterocycles. The van der Waals surface area contributed by atoms with E-state index in [0.29, 0.717) is 6.54 Å². The fourth-order valence-corrected chi connectivity index (χ4v) is 3.01. The molecule has 0 aliphatic rings. The molecule has 130 valence electrons. The molecule has 0 N–H and O–H groups in total. The third-order valence-electron chi connectivity index (χ3n) is 4.33. The van der Waals surface area contributed by atoms with E-state index >= 15 is 0 Å². The predicted molar refractivity (Wildman–Crippen MR) is 104 cm³/mol. The molecule has 0 amide bonds. The van der Waals surface area contributed by atoms with Gasteiger partial charge in [0.05, 0.1) is 6.54 Å². The lowest BCUT2D eigenvalue weighted by Gasteiger charge is -2.06. The van der Waals surface area contributed by atoms with Gasteiger partial charge in [-0.1, -0.05) is 67.1 Å². The number of benzene rings is 2. The van der Waals surface area contributed by atoms with Crippen LogP contribution in [0.3, 0.4) is 0 Å². The number of aryl methyl sites for hydroxylation is 2. The van der Waals surface area contributed by atoms with Gasteiger partial charge < -0.3 is 0 Å². The van der Waals surface area contributed by atoms with Crippen LogP contribution in [-0.2, 0) is 30.6 Å². The van der Waals surface area contributed by atoms with Gasteiger partial charge in [-0.3, -0.25) is 0 Å². The summed E-state index contributed by atoms with van der Waals surface area (Å²) >= 11 is 0. The molecule has 0 radical (unpaired) electrons. The first-order chi connectivity index (χ1) is 12.3. The average molecular weight is 333 g/mol. The van der Waals surface area contributed by atoms with Crippen LogP contribution in [-0.4, -0.2) is 6.08 Å². The molecular formula is C23H27NO. The Bertz CT molecular complexity index is 726. The van der Waals surface area contributed by atoms with Gasteiger partial charge in [-0.2, -0.15) is 0 Å². The minimum absolute atomic E-state index is 0.431. The van der Waals surface area contributed by atoms with Crippen molar-refractivity contribution >= 4 is 6.08 Å². The summed E-state index contributed by atoms with van der Waals surface area (Å²) in [4.78, 5) is 13.8. The summed E-state index contributed by atoms with van der Waals surface area (Å²) in [5.74, 6) is 0. The van der Waals surface area contributed by atoms with Crippen LogP contribution in [0, 0.1) is 0 Å². The molecule has 0 saturated carbocycles. The quantitative estimate of drug-likeness (QED) is 0.241. The fraction of sp³-hybridized carbons (Fsp3) is 0.348. The molecule has 0 aromatic heterocycles. The molecule has 0 atom stereocenters. The van der Waals surface area contributed by atoms with E-state index in [1.54, 1.807) is 6.08 Å². The number of rotatable bonds is 10. The summed E-state index contributed by atoms with van der Waals surface area (Å²) in [6, 6.07) is 17.3. The maximum Gasteiger partial charge on any atom is 0.235 e. The van der Waals surface area contributed by atoms with E-state index in [1.165, 1.54) is 36.0 Å². The van der Waals surface area contributed by atoms with Crippen molar-refractivity contribution in [2.75, 3.05) is 0 Å². The van der Waals surface area contributed by atoms with Crippen molar-refractivity contribution in [2.45, 2.75) is 52.0 Å². The summed E-state index contributed by atoms with van der Waals surface area (Å²) in [7, 11) is 0. The van der Waals surface area contributed by atoms with E-state index in [-0.39, 0.29) is 0 Å². The van der Waals surface area contributed by atoms with Crippen LogP contribution >= 0.6 is 0 Å². The first-order valence-electron chi connectivity index (χ1n) is 9.12. The van der Waals surface area contributed by atoms with Gasteiger partial charge in [-0.15, -0.1) is 0 Å². The van der Waals surface area contributed by atoms with Crippen molar-refractivity contribution in [3.63, 3.8) is 0 Å². The Morgan fingerprint density at radius 2 is 1.48 bits per heavy atom. The summed E-state index contributed by atoms with van der Waals surface area (Å²) in [5.41, 5.74) is 5.24. The number of aliphatic imine (C=N–C) groups is 1. The van der Waals surface area contributed by atoms with Crippen molar-refractivity contribution in [1.82, 2.24) is 0 Å². The van der Waals surface area contributed by atoms with Crippen LogP contribution in [0.4, 0.5) is 0 Å². The molecule has 0 aliphatic carbocycles. The van der Waals surface area contributed by atoms with Crippen molar-refractivity contribution in [2.24, 2.45) is 4.99 Å². The Hall–Kier alpha value is -2.44. The van der Waals surface area contributed by atoms with Gasteiger partial charge in [0.25, 0.3) is 0 Å². The molecule has 0 heterocycles. The van der Waals surface area contributed by atoms with E-state index in [2.05, 4.69) is 60.5 Å². The number of hydrogen-bond donors (Lipinski definition) is 0. The van der Waals surface area contributed by atoms with Crippen LogP contribution in [0.15, 0.2) is 65.7 Å². The number of unbranched alkanes of at least 4 members (excludes halogenated alkanes) is 2.